The van der Waals surface area contributed by atoms with Crippen LogP contribution in [0.5, 0.6) is 11.5 Å². The lowest BCUT2D eigenvalue weighted by Crippen LogP contribution is -2.42. The molecule has 158 valence electrons. The molecule has 0 aliphatic heterocycles. The Balaban J connectivity index is 2.05. The number of hydrogen-bond donors (Lipinski definition) is 1. The van der Waals surface area contributed by atoms with Gasteiger partial charge in [-0.2, -0.15) is 0 Å². The highest BCUT2D eigenvalue weighted by Crippen LogP contribution is 2.25. The first-order chi connectivity index (χ1) is 14.4. The van der Waals surface area contributed by atoms with Crippen LogP contribution >= 0.6 is 0 Å². The molecule has 9 heteroatoms. The van der Waals surface area contributed by atoms with Gasteiger partial charge in [0.15, 0.2) is 5.65 Å². The zero-order valence-corrected chi connectivity index (χ0v) is 17.4. The summed E-state index contributed by atoms with van der Waals surface area (Å²) in [7, 11) is 2.96. The number of fused-ring (bicyclic) bond motifs is 1. The van der Waals surface area contributed by atoms with Crippen molar-refractivity contribution in [3.63, 3.8) is 0 Å². The number of anilines is 1. The molecule has 3 rings (SSSR count). The van der Waals surface area contributed by atoms with E-state index < -0.39 is 23.7 Å². The van der Waals surface area contributed by atoms with Gasteiger partial charge in [-0.3, -0.25) is 14.2 Å². The average molecular weight is 412 g/mol. The van der Waals surface area contributed by atoms with E-state index in [1.807, 2.05) is 13.8 Å². The van der Waals surface area contributed by atoms with Gasteiger partial charge < -0.3 is 14.8 Å². The highest BCUT2D eigenvalue weighted by atomic mass is 16.5. The van der Waals surface area contributed by atoms with Gasteiger partial charge in [0.05, 0.1) is 19.4 Å². The van der Waals surface area contributed by atoms with Crippen LogP contribution < -0.4 is 26.0 Å². The minimum atomic E-state index is -0.639. The maximum absolute atomic E-state index is 13.1. The van der Waals surface area contributed by atoms with Crippen LogP contribution in [0.25, 0.3) is 11.0 Å². The summed E-state index contributed by atoms with van der Waals surface area (Å²) in [6.45, 7) is 3.73. The number of rotatable bonds is 7. The van der Waals surface area contributed by atoms with Gasteiger partial charge in [-0.1, -0.05) is 19.1 Å². The Hall–Kier alpha value is -3.62. The van der Waals surface area contributed by atoms with Crippen LogP contribution in [0.1, 0.15) is 19.4 Å². The third-order valence-electron chi connectivity index (χ3n) is 4.73. The van der Waals surface area contributed by atoms with Crippen molar-refractivity contribution in [1.82, 2.24) is 14.1 Å². The molecule has 0 bridgehead atoms. The fourth-order valence-electron chi connectivity index (χ4n) is 3.27. The SMILES string of the molecule is CCOc1ccccc1NC(=O)Cn1c(=O)c2c(OC)c(CC)cnc2n(C)c1=O. The lowest BCUT2D eigenvalue weighted by Gasteiger charge is -2.15. The first kappa shape index (κ1) is 21.1. The fraction of sp³-hybridized carbons (Fsp3) is 0.333. The van der Waals surface area contributed by atoms with E-state index in [-0.39, 0.29) is 11.0 Å². The molecule has 1 amide bonds. The van der Waals surface area contributed by atoms with Gasteiger partial charge in [0.25, 0.3) is 5.56 Å². The zero-order chi connectivity index (χ0) is 21.8. The first-order valence-corrected chi connectivity index (χ1v) is 9.59. The molecule has 0 unspecified atom stereocenters. The van der Waals surface area contributed by atoms with Gasteiger partial charge in [-0.15, -0.1) is 0 Å². The third-order valence-corrected chi connectivity index (χ3v) is 4.73. The molecule has 1 N–H and O–H groups in total. The minimum Gasteiger partial charge on any atom is -0.495 e. The van der Waals surface area contributed by atoms with Crippen molar-refractivity contribution in [2.75, 3.05) is 19.0 Å². The van der Waals surface area contributed by atoms with E-state index in [1.165, 1.54) is 18.7 Å². The van der Waals surface area contributed by atoms with Crippen molar-refractivity contribution < 1.29 is 14.3 Å². The summed E-state index contributed by atoms with van der Waals surface area (Å²) >= 11 is 0. The quantitative estimate of drug-likeness (QED) is 0.633. The molecule has 30 heavy (non-hydrogen) atoms. The van der Waals surface area contributed by atoms with Crippen molar-refractivity contribution in [2.24, 2.45) is 7.05 Å². The van der Waals surface area contributed by atoms with Crippen LogP contribution in [0, 0.1) is 0 Å². The number of methoxy groups -OCH3 is 1. The van der Waals surface area contributed by atoms with Gasteiger partial charge >= 0.3 is 5.69 Å². The number of ether oxygens (including phenoxy) is 2. The van der Waals surface area contributed by atoms with Gasteiger partial charge in [-0.05, 0) is 25.5 Å². The Morgan fingerprint density at radius 3 is 2.60 bits per heavy atom. The van der Waals surface area contributed by atoms with Crippen LogP contribution in [0.3, 0.4) is 0 Å². The van der Waals surface area contributed by atoms with Crippen LogP contribution in [-0.4, -0.2) is 33.7 Å². The molecule has 9 nitrogen and oxygen atoms in total. The predicted octanol–water partition coefficient (Wildman–Crippen LogP) is 1.70. The number of aromatic nitrogens is 3. The molecule has 2 aromatic heterocycles. The van der Waals surface area contributed by atoms with E-state index in [0.717, 1.165) is 10.1 Å². The zero-order valence-electron chi connectivity index (χ0n) is 17.4. The van der Waals surface area contributed by atoms with Gasteiger partial charge in [0.2, 0.25) is 5.91 Å². The standard InChI is InChI=1S/C21H24N4O5/c1-5-13-11-22-19-17(18(13)29-4)20(27)25(21(28)24(19)3)12-16(26)23-14-9-7-8-10-15(14)30-6-2/h7-11H,5-6,12H2,1-4H3,(H,23,26). The molecule has 0 saturated heterocycles. The number of benzene rings is 1. The summed E-state index contributed by atoms with van der Waals surface area (Å²) in [5, 5.41) is 2.87. The number of carbonyl (C=O) groups is 1. The summed E-state index contributed by atoms with van der Waals surface area (Å²) in [4.78, 5) is 42.8. The van der Waals surface area contributed by atoms with Gasteiger partial charge in [-0.25, -0.2) is 14.3 Å². The lowest BCUT2D eigenvalue weighted by atomic mass is 10.1. The van der Waals surface area contributed by atoms with E-state index in [4.69, 9.17) is 9.47 Å². The Bertz CT molecular complexity index is 1210. The lowest BCUT2D eigenvalue weighted by molar-refractivity contribution is -0.116. The Kier molecular flexibility index (Phi) is 6.20. The van der Waals surface area contributed by atoms with Crippen molar-refractivity contribution in [2.45, 2.75) is 26.8 Å². The monoisotopic (exact) mass is 412 g/mol. The number of hydrogen-bond acceptors (Lipinski definition) is 6. The Morgan fingerprint density at radius 2 is 1.93 bits per heavy atom. The van der Waals surface area contributed by atoms with E-state index in [9.17, 15) is 14.4 Å². The van der Waals surface area contributed by atoms with E-state index in [2.05, 4.69) is 10.3 Å². The van der Waals surface area contributed by atoms with Crippen LogP contribution in [0.2, 0.25) is 0 Å². The largest absolute Gasteiger partial charge is 0.495 e. The summed E-state index contributed by atoms with van der Waals surface area (Å²) in [5.74, 6) is 0.337. The van der Waals surface area contributed by atoms with Gasteiger partial charge in [0, 0.05) is 18.8 Å². The smallest absolute Gasteiger partial charge is 0.332 e. The second kappa shape index (κ2) is 8.81. The summed E-state index contributed by atoms with van der Waals surface area (Å²) in [6.07, 6.45) is 2.19. The van der Waals surface area contributed by atoms with Crippen LogP contribution in [-0.2, 0) is 24.8 Å². The highest BCUT2D eigenvalue weighted by molar-refractivity contribution is 5.92. The molecule has 0 fully saturated rings. The summed E-state index contributed by atoms with van der Waals surface area (Å²) < 4.78 is 13.0. The predicted molar refractivity (Wildman–Crippen MR) is 113 cm³/mol. The molecule has 0 aliphatic carbocycles. The van der Waals surface area contributed by atoms with E-state index in [0.29, 0.717) is 30.2 Å². The molecular weight excluding hydrogens is 388 g/mol. The average Bonchev–Trinajstić information content (AvgIpc) is 2.75. The molecule has 0 saturated carbocycles. The second-order valence-electron chi connectivity index (χ2n) is 6.58. The minimum absolute atomic E-state index is 0.168. The normalized spacial score (nSPS) is 10.8. The number of aryl methyl sites for hydroxylation is 2. The number of nitrogens with one attached hydrogen (secondary N) is 1. The number of para-hydroxylation sites is 2. The second-order valence-corrected chi connectivity index (χ2v) is 6.58. The first-order valence-electron chi connectivity index (χ1n) is 9.59. The van der Waals surface area contributed by atoms with Crippen LogP contribution in [0.4, 0.5) is 5.69 Å². The van der Waals surface area contributed by atoms with Crippen LogP contribution in [0.15, 0.2) is 40.1 Å². The molecule has 0 radical (unpaired) electrons. The molecule has 1 aromatic carbocycles. The molecule has 2 heterocycles. The number of pyridine rings is 1. The molecule has 0 aliphatic rings. The Morgan fingerprint density at radius 1 is 1.20 bits per heavy atom. The molecule has 0 atom stereocenters. The maximum Gasteiger partial charge on any atom is 0.332 e. The summed E-state index contributed by atoms with van der Waals surface area (Å²) in [6, 6.07) is 6.95. The number of carbonyl (C=O) groups excluding carboxylic acids is 1. The van der Waals surface area contributed by atoms with Crippen molar-refractivity contribution in [3.8, 4) is 11.5 Å². The molecule has 0 spiro atoms. The van der Waals surface area contributed by atoms with Crippen molar-refractivity contribution in [1.29, 1.82) is 0 Å². The van der Waals surface area contributed by atoms with Crippen molar-refractivity contribution in [3.05, 3.63) is 56.9 Å². The van der Waals surface area contributed by atoms with Crippen molar-refractivity contribution >= 4 is 22.6 Å². The fourth-order valence-corrected chi connectivity index (χ4v) is 3.27. The van der Waals surface area contributed by atoms with E-state index in [1.54, 1.807) is 30.5 Å². The number of nitrogens with zero attached hydrogens (tertiary/aromatic N) is 3. The molecular formula is C21H24N4O5. The topological polar surface area (TPSA) is 104 Å². The molecule has 3 aromatic rings. The van der Waals surface area contributed by atoms with E-state index >= 15 is 0 Å². The Labute approximate surface area is 172 Å². The number of amides is 1. The third kappa shape index (κ3) is 3.78. The summed E-state index contributed by atoms with van der Waals surface area (Å²) in [5.41, 5.74) is 0.142. The maximum atomic E-state index is 13.1. The highest BCUT2D eigenvalue weighted by Gasteiger charge is 2.20. The van der Waals surface area contributed by atoms with Gasteiger partial charge in [0.1, 0.15) is 23.4 Å².